The standard InChI is InChI=1S/C25H28ClFN2O2/c26-22-15-5-4-14-21(22)23(24(30)28-19-11-2-1-3-12-19)29(25(31)17-8-6-9-17)20-13-7-10-18(27)16-20/h4-5,7,10,13-17,19,23H,1-3,6,8-9,11-12H2,(H,28,30). The number of hydrogen-bond donors (Lipinski definition) is 1. The van der Waals surface area contributed by atoms with Crippen LogP contribution in [0.1, 0.15) is 63.0 Å². The number of nitrogens with zero attached hydrogens (tertiary/aromatic N) is 1. The molecule has 0 aromatic heterocycles. The highest BCUT2D eigenvalue weighted by atomic mass is 35.5. The zero-order valence-electron chi connectivity index (χ0n) is 17.5. The van der Waals surface area contributed by atoms with Gasteiger partial charge in [0.2, 0.25) is 11.8 Å². The lowest BCUT2D eigenvalue weighted by Crippen LogP contribution is -2.49. The number of carbonyl (C=O) groups is 2. The average Bonchev–Trinajstić information content (AvgIpc) is 2.72. The minimum absolute atomic E-state index is 0.0828. The second-order valence-electron chi connectivity index (χ2n) is 8.58. The number of rotatable bonds is 6. The van der Waals surface area contributed by atoms with Crippen molar-refractivity contribution in [2.45, 2.75) is 63.5 Å². The van der Waals surface area contributed by atoms with E-state index in [0.29, 0.717) is 16.3 Å². The summed E-state index contributed by atoms with van der Waals surface area (Å²) < 4.78 is 14.1. The number of amides is 2. The van der Waals surface area contributed by atoms with Crippen molar-refractivity contribution in [3.05, 3.63) is 64.9 Å². The van der Waals surface area contributed by atoms with Gasteiger partial charge in [0.05, 0.1) is 0 Å². The summed E-state index contributed by atoms with van der Waals surface area (Å²) in [7, 11) is 0. The van der Waals surface area contributed by atoms with Crippen molar-refractivity contribution in [2.75, 3.05) is 4.90 Å². The Balaban J connectivity index is 1.76. The molecule has 0 heterocycles. The van der Waals surface area contributed by atoms with Gasteiger partial charge in [-0.2, -0.15) is 0 Å². The topological polar surface area (TPSA) is 49.4 Å². The molecular weight excluding hydrogens is 415 g/mol. The van der Waals surface area contributed by atoms with Gasteiger partial charge in [-0.25, -0.2) is 4.39 Å². The number of halogens is 2. The summed E-state index contributed by atoms with van der Waals surface area (Å²) in [4.78, 5) is 28.6. The molecule has 6 heteroatoms. The van der Waals surface area contributed by atoms with Gasteiger partial charge >= 0.3 is 0 Å². The van der Waals surface area contributed by atoms with Crippen LogP contribution in [0.2, 0.25) is 5.02 Å². The van der Waals surface area contributed by atoms with Crippen LogP contribution < -0.4 is 10.2 Å². The Hall–Kier alpha value is -2.40. The molecule has 2 fully saturated rings. The van der Waals surface area contributed by atoms with E-state index in [1.54, 1.807) is 36.4 Å². The van der Waals surface area contributed by atoms with Crippen LogP contribution in [-0.2, 0) is 9.59 Å². The summed E-state index contributed by atoms with van der Waals surface area (Å²) in [6.07, 6.45) is 7.74. The molecule has 2 aliphatic rings. The lowest BCUT2D eigenvalue weighted by Gasteiger charge is -2.37. The Bertz CT molecular complexity index is 941. The summed E-state index contributed by atoms with van der Waals surface area (Å²) in [6.45, 7) is 0. The summed E-state index contributed by atoms with van der Waals surface area (Å²) in [5.74, 6) is -1.03. The van der Waals surface area contributed by atoms with Gasteiger partial charge in [-0.15, -0.1) is 0 Å². The molecule has 0 bridgehead atoms. The minimum Gasteiger partial charge on any atom is -0.351 e. The fourth-order valence-corrected chi connectivity index (χ4v) is 4.74. The molecule has 2 aromatic rings. The first-order valence-electron chi connectivity index (χ1n) is 11.2. The Morgan fingerprint density at radius 1 is 0.968 bits per heavy atom. The maximum absolute atomic E-state index is 14.1. The second-order valence-corrected chi connectivity index (χ2v) is 8.99. The SMILES string of the molecule is O=C(NC1CCCCC1)C(c1ccccc1Cl)N(C(=O)C1CCC1)c1cccc(F)c1. The Kier molecular flexibility index (Phi) is 6.91. The van der Waals surface area contributed by atoms with Gasteiger partial charge in [-0.05, 0) is 49.9 Å². The maximum atomic E-state index is 14.1. The van der Waals surface area contributed by atoms with Crippen molar-refractivity contribution < 1.29 is 14.0 Å². The highest BCUT2D eigenvalue weighted by molar-refractivity contribution is 6.31. The molecule has 2 aromatic carbocycles. The molecule has 4 nitrogen and oxygen atoms in total. The first-order chi connectivity index (χ1) is 15.0. The van der Waals surface area contributed by atoms with Crippen molar-refractivity contribution >= 4 is 29.1 Å². The van der Waals surface area contributed by atoms with Gasteiger partial charge in [-0.3, -0.25) is 14.5 Å². The summed E-state index contributed by atoms with van der Waals surface area (Å²) in [5.41, 5.74) is 0.926. The van der Waals surface area contributed by atoms with E-state index < -0.39 is 11.9 Å². The van der Waals surface area contributed by atoms with Crippen molar-refractivity contribution in [3.8, 4) is 0 Å². The highest BCUT2D eigenvalue weighted by Crippen LogP contribution is 2.37. The van der Waals surface area contributed by atoms with Gasteiger partial charge in [0.15, 0.2) is 0 Å². The number of nitrogens with one attached hydrogen (secondary N) is 1. The van der Waals surface area contributed by atoms with E-state index in [0.717, 1.165) is 44.9 Å². The molecule has 1 N–H and O–H groups in total. The van der Waals surface area contributed by atoms with Crippen LogP contribution in [0.15, 0.2) is 48.5 Å². The van der Waals surface area contributed by atoms with Crippen molar-refractivity contribution in [2.24, 2.45) is 5.92 Å². The van der Waals surface area contributed by atoms with E-state index in [4.69, 9.17) is 11.6 Å². The summed E-state index contributed by atoms with van der Waals surface area (Å²) in [6, 6.07) is 12.1. The van der Waals surface area contributed by atoms with Crippen LogP contribution in [-0.4, -0.2) is 17.9 Å². The zero-order chi connectivity index (χ0) is 21.8. The van der Waals surface area contributed by atoms with E-state index in [1.165, 1.54) is 23.5 Å². The molecule has 1 atom stereocenters. The van der Waals surface area contributed by atoms with Crippen molar-refractivity contribution in [1.29, 1.82) is 0 Å². The Labute approximate surface area is 187 Å². The molecule has 0 aliphatic heterocycles. The average molecular weight is 443 g/mol. The molecule has 2 saturated carbocycles. The molecule has 4 rings (SSSR count). The lowest BCUT2D eigenvalue weighted by molar-refractivity contribution is -0.130. The third kappa shape index (κ3) is 4.93. The van der Waals surface area contributed by atoms with Gasteiger partial charge in [0.1, 0.15) is 11.9 Å². The Morgan fingerprint density at radius 2 is 1.71 bits per heavy atom. The van der Waals surface area contributed by atoms with Crippen LogP contribution >= 0.6 is 11.6 Å². The molecule has 2 amide bonds. The predicted octanol–water partition coefficient (Wildman–Crippen LogP) is 5.80. The van der Waals surface area contributed by atoms with E-state index in [-0.39, 0.29) is 23.8 Å². The van der Waals surface area contributed by atoms with E-state index in [2.05, 4.69) is 5.32 Å². The van der Waals surface area contributed by atoms with E-state index in [9.17, 15) is 14.0 Å². The first kappa shape index (κ1) is 21.8. The number of benzene rings is 2. The molecule has 0 radical (unpaired) electrons. The van der Waals surface area contributed by atoms with Crippen molar-refractivity contribution in [3.63, 3.8) is 0 Å². The quantitative estimate of drug-likeness (QED) is 0.614. The predicted molar refractivity (Wildman–Crippen MR) is 120 cm³/mol. The third-order valence-electron chi connectivity index (χ3n) is 6.44. The van der Waals surface area contributed by atoms with Crippen LogP contribution in [0.3, 0.4) is 0 Å². The van der Waals surface area contributed by atoms with E-state index in [1.807, 2.05) is 0 Å². The number of carbonyl (C=O) groups excluding carboxylic acids is 2. The summed E-state index contributed by atoms with van der Waals surface area (Å²) in [5, 5.41) is 3.57. The van der Waals surface area contributed by atoms with Gasteiger partial charge in [0.25, 0.3) is 0 Å². The molecule has 0 saturated heterocycles. The molecule has 31 heavy (non-hydrogen) atoms. The fraction of sp³-hybridized carbons (Fsp3) is 0.440. The highest BCUT2D eigenvalue weighted by Gasteiger charge is 2.39. The van der Waals surface area contributed by atoms with Gasteiger partial charge < -0.3 is 5.32 Å². The van der Waals surface area contributed by atoms with Gasteiger partial charge in [-0.1, -0.05) is 61.5 Å². The van der Waals surface area contributed by atoms with Gasteiger partial charge in [0, 0.05) is 28.2 Å². The molecule has 1 unspecified atom stereocenters. The number of anilines is 1. The smallest absolute Gasteiger partial charge is 0.248 e. The normalized spacial score (nSPS) is 18.1. The third-order valence-corrected chi connectivity index (χ3v) is 6.78. The van der Waals surface area contributed by atoms with E-state index >= 15 is 0 Å². The Morgan fingerprint density at radius 3 is 2.35 bits per heavy atom. The largest absolute Gasteiger partial charge is 0.351 e. The molecule has 164 valence electrons. The summed E-state index contributed by atoms with van der Waals surface area (Å²) >= 11 is 6.51. The fourth-order valence-electron chi connectivity index (χ4n) is 4.50. The van der Waals surface area contributed by atoms with Crippen LogP contribution in [0.25, 0.3) is 0 Å². The zero-order valence-corrected chi connectivity index (χ0v) is 18.3. The molecule has 2 aliphatic carbocycles. The monoisotopic (exact) mass is 442 g/mol. The molecular formula is C25H28ClFN2O2. The minimum atomic E-state index is -0.953. The maximum Gasteiger partial charge on any atom is 0.248 e. The first-order valence-corrected chi connectivity index (χ1v) is 11.6. The number of hydrogen-bond acceptors (Lipinski definition) is 2. The molecule has 0 spiro atoms. The second kappa shape index (κ2) is 9.82. The van der Waals surface area contributed by atoms with Crippen LogP contribution in [0.5, 0.6) is 0 Å². The lowest BCUT2D eigenvalue weighted by atomic mass is 9.83. The van der Waals surface area contributed by atoms with Crippen LogP contribution in [0, 0.1) is 11.7 Å². The van der Waals surface area contributed by atoms with Crippen LogP contribution in [0.4, 0.5) is 10.1 Å². The van der Waals surface area contributed by atoms with Crippen molar-refractivity contribution in [1.82, 2.24) is 5.32 Å².